The molecule has 26 heavy (non-hydrogen) atoms. The molecule has 7 heteroatoms. The number of carbonyl (C=O) groups excluding carboxylic acids is 1. The van der Waals surface area contributed by atoms with Crippen LogP contribution in [0.25, 0.3) is 12.2 Å². The first-order valence-corrected chi connectivity index (χ1v) is 9.18. The summed E-state index contributed by atoms with van der Waals surface area (Å²) >= 11 is 1.29. The minimum atomic E-state index is 0.0194. The van der Waals surface area contributed by atoms with Gasteiger partial charge in [-0.15, -0.1) is 5.10 Å². The Morgan fingerprint density at radius 2 is 2.04 bits per heavy atom. The first-order valence-electron chi connectivity index (χ1n) is 8.20. The lowest BCUT2D eigenvalue weighted by Gasteiger charge is -2.03. The molecule has 0 aliphatic rings. The van der Waals surface area contributed by atoms with Crippen molar-refractivity contribution < 1.29 is 13.9 Å². The Morgan fingerprint density at radius 3 is 2.73 bits per heavy atom. The predicted octanol–water partition coefficient (Wildman–Crippen LogP) is 4.25. The first-order chi connectivity index (χ1) is 12.6. The summed E-state index contributed by atoms with van der Waals surface area (Å²) in [5.41, 5.74) is 0.643. The third kappa shape index (κ3) is 4.86. The minimum Gasteiger partial charge on any atom is -0.494 e. The van der Waals surface area contributed by atoms with E-state index in [0.717, 1.165) is 17.3 Å². The van der Waals surface area contributed by atoms with Crippen LogP contribution in [0, 0.1) is 6.92 Å². The van der Waals surface area contributed by atoms with Gasteiger partial charge in [-0.3, -0.25) is 9.89 Å². The number of aromatic amines is 1. The lowest BCUT2D eigenvalue weighted by Crippen LogP contribution is -2.02. The smallest absolute Gasteiger partial charge is 0.209 e. The molecule has 0 aliphatic carbocycles. The molecule has 0 amide bonds. The number of benzene rings is 1. The summed E-state index contributed by atoms with van der Waals surface area (Å²) in [4.78, 5) is 16.6. The normalized spacial score (nSPS) is 11.2. The van der Waals surface area contributed by atoms with Gasteiger partial charge in [-0.1, -0.05) is 11.8 Å². The van der Waals surface area contributed by atoms with E-state index >= 15 is 0 Å². The quantitative estimate of drug-likeness (QED) is 0.472. The van der Waals surface area contributed by atoms with Crippen molar-refractivity contribution >= 4 is 29.7 Å². The average molecular weight is 369 g/mol. The molecule has 6 nitrogen and oxygen atoms in total. The second kappa shape index (κ2) is 8.53. The third-order valence-corrected chi connectivity index (χ3v) is 4.32. The van der Waals surface area contributed by atoms with Gasteiger partial charge in [0.1, 0.15) is 23.1 Å². The van der Waals surface area contributed by atoms with Crippen LogP contribution in [-0.2, 0) is 0 Å². The zero-order valence-corrected chi connectivity index (χ0v) is 15.4. The fourth-order valence-corrected chi connectivity index (χ4v) is 2.92. The molecule has 0 radical (unpaired) electrons. The summed E-state index contributed by atoms with van der Waals surface area (Å²) in [7, 11) is 0. The molecule has 2 heterocycles. The van der Waals surface area contributed by atoms with Crippen molar-refractivity contribution in [2.75, 3.05) is 12.4 Å². The summed E-state index contributed by atoms with van der Waals surface area (Å²) in [6.07, 6.45) is 3.59. The average Bonchev–Trinajstić information content (AvgIpc) is 3.27. The number of ether oxygens (including phenoxy) is 1. The van der Waals surface area contributed by atoms with Gasteiger partial charge in [0.25, 0.3) is 0 Å². The highest BCUT2D eigenvalue weighted by Crippen LogP contribution is 2.18. The number of carbonyl (C=O) groups is 1. The number of nitrogens with zero attached hydrogens (tertiary/aromatic N) is 2. The van der Waals surface area contributed by atoms with Gasteiger partial charge in [0.15, 0.2) is 5.78 Å². The summed E-state index contributed by atoms with van der Waals surface area (Å²) in [6, 6.07) is 10.9. The van der Waals surface area contributed by atoms with E-state index in [2.05, 4.69) is 15.2 Å². The Kier molecular flexibility index (Phi) is 5.91. The van der Waals surface area contributed by atoms with Crippen LogP contribution in [0.15, 0.2) is 46.0 Å². The number of H-pyrrole nitrogens is 1. The predicted molar refractivity (Wildman–Crippen MR) is 101 cm³/mol. The topological polar surface area (TPSA) is 81.0 Å². The van der Waals surface area contributed by atoms with E-state index in [0.29, 0.717) is 23.2 Å². The number of Topliss-reactive ketones (excluding diaryl/α,β-unsaturated/α-hetero) is 1. The number of aryl methyl sites for hydroxylation is 1. The maximum Gasteiger partial charge on any atom is 0.209 e. The van der Waals surface area contributed by atoms with Crippen LogP contribution in [-0.4, -0.2) is 33.3 Å². The van der Waals surface area contributed by atoms with Gasteiger partial charge in [-0.05, 0) is 62.4 Å². The molecular formula is C19H19N3O3S. The van der Waals surface area contributed by atoms with Gasteiger partial charge in [0, 0.05) is 5.56 Å². The Balaban J connectivity index is 1.54. The van der Waals surface area contributed by atoms with Crippen LogP contribution >= 0.6 is 11.8 Å². The molecule has 0 aliphatic heterocycles. The van der Waals surface area contributed by atoms with Crippen molar-refractivity contribution in [3.05, 3.63) is 59.3 Å². The molecule has 0 saturated carbocycles. The standard InChI is InChI=1S/C19H19N3O3S/c1-3-24-15-8-5-14(6-9-15)17(23)12-26-19-20-18(21-22-19)11-10-16-7-4-13(2)25-16/h4-11H,3,12H2,1-2H3,(H,20,21,22). The zero-order chi connectivity index (χ0) is 18.4. The molecule has 1 N–H and O–H groups in total. The van der Waals surface area contributed by atoms with Gasteiger partial charge in [0.2, 0.25) is 5.16 Å². The molecule has 0 atom stereocenters. The highest BCUT2D eigenvalue weighted by molar-refractivity contribution is 7.99. The number of thioether (sulfide) groups is 1. The second-order valence-electron chi connectivity index (χ2n) is 5.45. The number of hydrogen-bond acceptors (Lipinski definition) is 6. The highest BCUT2D eigenvalue weighted by atomic mass is 32.2. The second-order valence-corrected chi connectivity index (χ2v) is 6.40. The molecule has 0 spiro atoms. The van der Waals surface area contributed by atoms with Crippen molar-refractivity contribution in [3.63, 3.8) is 0 Å². The van der Waals surface area contributed by atoms with Gasteiger partial charge >= 0.3 is 0 Å². The van der Waals surface area contributed by atoms with Crippen molar-refractivity contribution in [3.8, 4) is 5.75 Å². The molecule has 1 aromatic carbocycles. The molecular weight excluding hydrogens is 350 g/mol. The Morgan fingerprint density at radius 1 is 1.23 bits per heavy atom. The maximum atomic E-state index is 12.3. The van der Waals surface area contributed by atoms with Gasteiger partial charge in [0.05, 0.1) is 12.4 Å². The van der Waals surface area contributed by atoms with Crippen LogP contribution in [0.5, 0.6) is 5.75 Å². The summed E-state index contributed by atoms with van der Waals surface area (Å²) in [5.74, 6) is 3.26. The molecule has 3 aromatic rings. The monoisotopic (exact) mass is 369 g/mol. The number of furan rings is 1. The zero-order valence-electron chi connectivity index (χ0n) is 14.6. The number of ketones is 1. The third-order valence-electron chi connectivity index (χ3n) is 3.47. The number of hydrogen-bond donors (Lipinski definition) is 1. The molecule has 134 valence electrons. The molecule has 0 bridgehead atoms. The number of rotatable bonds is 8. The molecule has 0 saturated heterocycles. The van der Waals surface area contributed by atoms with Crippen LogP contribution in [0.1, 0.15) is 34.6 Å². The number of aromatic nitrogens is 3. The largest absolute Gasteiger partial charge is 0.494 e. The first kappa shape index (κ1) is 18.0. The van der Waals surface area contributed by atoms with Crippen LogP contribution in [0.4, 0.5) is 0 Å². The fourth-order valence-electron chi connectivity index (χ4n) is 2.22. The van der Waals surface area contributed by atoms with Crippen LogP contribution < -0.4 is 4.74 Å². The lowest BCUT2D eigenvalue weighted by atomic mass is 10.1. The Labute approximate surface area is 155 Å². The number of nitrogens with one attached hydrogen (secondary N) is 1. The van der Waals surface area contributed by atoms with E-state index in [1.807, 2.05) is 32.1 Å². The van der Waals surface area contributed by atoms with Gasteiger partial charge < -0.3 is 9.15 Å². The minimum absolute atomic E-state index is 0.0194. The molecule has 3 rings (SSSR count). The highest BCUT2D eigenvalue weighted by Gasteiger charge is 2.09. The molecule has 0 unspecified atom stereocenters. The van der Waals surface area contributed by atoms with E-state index in [1.54, 1.807) is 30.3 Å². The maximum absolute atomic E-state index is 12.3. The SMILES string of the molecule is CCOc1ccc(C(=O)CSc2n[nH]c(C=Cc3ccc(C)o3)n2)cc1. The summed E-state index contributed by atoms with van der Waals surface area (Å²) in [6.45, 7) is 4.41. The Hall–Kier alpha value is -2.80. The van der Waals surface area contributed by atoms with Crippen LogP contribution in [0.3, 0.4) is 0 Å². The van der Waals surface area contributed by atoms with E-state index in [9.17, 15) is 4.79 Å². The molecule has 2 aromatic heterocycles. The van der Waals surface area contributed by atoms with E-state index < -0.39 is 0 Å². The van der Waals surface area contributed by atoms with E-state index in [4.69, 9.17) is 9.15 Å². The van der Waals surface area contributed by atoms with Crippen molar-refractivity contribution in [1.82, 2.24) is 15.2 Å². The fraction of sp³-hybridized carbons (Fsp3) is 0.211. The van der Waals surface area contributed by atoms with Gasteiger partial charge in [-0.2, -0.15) is 0 Å². The summed E-state index contributed by atoms with van der Waals surface area (Å²) in [5, 5.41) is 7.47. The summed E-state index contributed by atoms with van der Waals surface area (Å²) < 4.78 is 10.8. The van der Waals surface area contributed by atoms with Crippen molar-refractivity contribution in [1.29, 1.82) is 0 Å². The van der Waals surface area contributed by atoms with Crippen molar-refractivity contribution in [2.24, 2.45) is 0 Å². The molecule has 0 fully saturated rings. The lowest BCUT2D eigenvalue weighted by molar-refractivity contribution is 0.102. The van der Waals surface area contributed by atoms with Gasteiger partial charge in [-0.25, -0.2) is 4.98 Å². The van der Waals surface area contributed by atoms with Crippen molar-refractivity contribution in [2.45, 2.75) is 19.0 Å². The Bertz CT molecular complexity index is 897. The van der Waals surface area contributed by atoms with Crippen LogP contribution in [0.2, 0.25) is 0 Å². The van der Waals surface area contributed by atoms with E-state index in [1.165, 1.54) is 11.8 Å². The van der Waals surface area contributed by atoms with E-state index in [-0.39, 0.29) is 11.5 Å².